The third-order valence-electron chi connectivity index (χ3n) is 4.47. The molecule has 0 saturated carbocycles. The molecular weight excluding hydrogens is 456 g/mol. The second-order valence-electron chi connectivity index (χ2n) is 6.49. The van der Waals surface area contributed by atoms with E-state index in [9.17, 15) is 9.59 Å². The molecule has 1 fully saturated rings. The van der Waals surface area contributed by atoms with E-state index in [4.69, 9.17) is 21.7 Å². The Labute approximate surface area is 182 Å². The number of anilines is 1. The third-order valence-corrected chi connectivity index (χ3v) is 5.35. The van der Waals surface area contributed by atoms with Crippen molar-refractivity contribution in [1.29, 1.82) is 0 Å². The molecule has 1 heterocycles. The van der Waals surface area contributed by atoms with Crippen LogP contribution in [0.1, 0.15) is 16.7 Å². The first-order valence-electron chi connectivity index (χ1n) is 8.67. The van der Waals surface area contributed by atoms with Gasteiger partial charge in [-0.05, 0) is 83.0 Å². The van der Waals surface area contributed by atoms with Gasteiger partial charge in [0.2, 0.25) is 0 Å². The van der Waals surface area contributed by atoms with Crippen molar-refractivity contribution < 1.29 is 19.1 Å². The molecule has 6 nitrogen and oxygen atoms in total. The Morgan fingerprint density at radius 3 is 2.48 bits per heavy atom. The summed E-state index contributed by atoms with van der Waals surface area (Å²) in [7, 11) is 3.04. The zero-order chi connectivity index (χ0) is 21.3. The highest BCUT2D eigenvalue weighted by Gasteiger charge is 2.35. The summed E-state index contributed by atoms with van der Waals surface area (Å²) in [5, 5.41) is 2.66. The van der Waals surface area contributed by atoms with Crippen LogP contribution in [0.5, 0.6) is 11.5 Å². The molecule has 1 N–H and O–H groups in total. The molecule has 0 aromatic heterocycles. The Morgan fingerprint density at radius 2 is 1.83 bits per heavy atom. The lowest BCUT2D eigenvalue weighted by atomic mass is 10.0. The zero-order valence-corrected chi connectivity index (χ0v) is 18.7. The lowest BCUT2D eigenvalue weighted by molar-refractivity contribution is -0.122. The van der Waals surface area contributed by atoms with Crippen LogP contribution in [-0.2, 0) is 9.59 Å². The second kappa shape index (κ2) is 8.34. The molecule has 2 amide bonds. The first kappa shape index (κ1) is 21.0. The predicted molar refractivity (Wildman–Crippen MR) is 119 cm³/mol. The second-order valence-corrected chi connectivity index (χ2v) is 7.73. The molecule has 0 aliphatic carbocycles. The van der Waals surface area contributed by atoms with Gasteiger partial charge < -0.3 is 9.47 Å². The number of methoxy groups -OCH3 is 2. The standard InChI is InChI=1S/C21H19BrN2O4S/c1-11-5-6-12(2)16(7-11)24-20(26)14(19(25)23-21(24)29)8-13-9-15(22)18(28-4)17(10-13)27-3/h5-10H,1-4H3,(H,23,25,29)/b14-8-. The van der Waals surface area contributed by atoms with Crippen molar-refractivity contribution in [1.82, 2.24) is 5.32 Å². The minimum Gasteiger partial charge on any atom is -0.493 e. The van der Waals surface area contributed by atoms with E-state index in [1.807, 2.05) is 32.0 Å². The van der Waals surface area contributed by atoms with Crippen molar-refractivity contribution in [2.45, 2.75) is 13.8 Å². The molecular formula is C21H19BrN2O4S. The van der Waals surface area contributed by atoms with E-state index in [1.165, 1.54) is 25.2 Å². The van der Waals surface area contributed by atoms with Crippen LogP contribution in [-0.4, -0.2) is 31.1 Å². The minimum atomic E-state index is -0.549. The number of carbonyl (C=O) groups excluding carboxylic acids is 2. The maximum Gasteiger partial charge on any atom is 0.270 e. The first-order valence-corrected chi connectivity index (χ1v) is 9.87. The van der Waals surface area contributed by atoms with E-state index in [2.05, 4.69) is 21.2 Å². The molecule has 1 aliphatic rings. The highest BCUT2D eigenvalue weighted by atomic mass is 79.9. The van der Waals surface area contributed by atoms with Gasteiger partial charge in [0, 0.05) is 0 Å². The van der Waals surface area contributed by atoms with Crippen LogP contribution in [0.25, 0.3) is 6.08 Å². The number of rotatable bonds is 4. The van der Waals surface area contributed by atoms with Crippen molar-refractivity contribution in [3.8, 4) is 11.5 Å². The summed E-state index contributed by atoms with van der Waals surface area (Å²) in [6, 6.07) is 9.15. The first-order chi connectivity index (χ1) is 13.8. The van der Waals surface area contributed by atoms with Gasteiger partial charge in [-0.3, -0.25) is 19.8 Å². The highest BCUT2D eigenvalue weighted by molar-refractivity contribution is 9.10. The predicted octanol–water partition coefficient (Wildman–Crippen LogP) is 3.91. The molecule has 29 heavy (non-hydrogen) atoms. The van der Waals surface area contributed by atoms with Crippen LogP contribution < -0.4 is 19.7 Å². The number of hydrogen-bond donors (Lipinski definition) is 1. The van der Waals surface area contributed by atoms with Gasteiger partial charge in [0.05, 0.1) is 24.4 Å². The fraction of sp³-hybridized carbons (Fsp3) is 0.190. The van der Waals surface area contributed by atoms with Gasteiger partial charge in [0.15, 0.2) is 16.6 Å². The minimum absolute atomic E-state index is 0.0290. The molecule has 150 valence electrons. The van der Waals surface area contributed by atoms with Crippen molar-refractivity contribution in [3.05, 3.63) is 57.1 Å². The summed E-state index contributed by atoms with van der Waals surface area (Å²) in [4.78, 5) is 27.1. The van der Waals surface area contributed by atoms with E-state index >= 15 is 0 Å². The molecule has 0 atom stereocenters. The smallest absolute Gasteiger partial charge is 0.270 e. The van der Waals surface area contributed by atoms with Crippen LogP contribution in [0.4, 0.5) is 5.69 Å². The summed E-state index contributed by atoms with van der Waals surface area (Å²) in [6.07, 6.45) is 1.50. The van der Waals surface area contributed by atoms with Crippen molar-refractivity contribution >= 4 is 56.8 Å². The normalized spacial score (nSPS) is 15.6. The molecule has 2 aromatic carbocycles. The fourth-order valence-corrected chi connectivity index (χ4v) is 3.92. The van der Waals surface area contributed by atoms with E-state index in [0.29, 0.717) is 27.2 Å². The molecule has 2 aromatic rings. The maximum atomic E-state index is 13.2. The Morgan fingerprint density at radius 1 is 1.10 bits per heavy atom. The number of nitrogens with zero attached hydrogens (tertiary/aromatic N) is 1. The zero-order valence-electron chi connectivity index (χ0n) is 16.3. The SMILES string of the molecule is COc1cc(/C=C2/C(=O)NC(=S)N(c3cc(C)ccc3C)C2=O)cc(Br)c1OC. The van der Waals surface area contributed by atoms with Crippen LogP contribution in [0.15, 0.2) is 40.4 Å². The van der Waals surface area contributed by atoms with E-state index in [0.717, 1.165) is 11.1 Å². The number of thiocarbonyl (C=S) groups is 1. The van der Waals surface area contributed by atoms with Crippen LogP contribution >= 0.6 is 28.1 Å². The van der Waals surface area contributed by atoms with Gasteiger partial charge in [-0.25, -0.2) is 0 Å². The number of ether oxygens (including phenoxy) is 2. The van der Waals surface area contributed by atoms with Crippen LogP contribution in [0.3, 0.4) is 0 Å². The number of benzene rings is 2. The molecule has 0 bridgehead atoms. The number of halogens is 1. The summed E-state index contributed by atoms with van der Waals surface area (Å²) in [5.74, 6) is -0.0441. The lowest BCUT2D eigenvalue weighted by Gasteiger charge is -2.30. The molecule has 0 spiro atoms. The van der Waals surface area contributed by atoms with Crippen LogP contribution in [0, 0.1) is 13.8 Å². The van der Waals surface area contributed by atoms with Gasteiger partial charge in [0.25, 0.3) is 11.8 Å². The van der Waals surface area contributed by atoms with Gasteiger partial charge in [-0.2, -0.15) is 0 Å². The Bertz CT molecular complexity index is 1060. The fourth-order valence-electron chi connectivity index (χ4n) is 3.02. The Kier molecular flexibility index (Phi) is 6.04. The van der Waals surface area contributed by atoms with E-state index in [1.54, 1.807) is 12.1 Å². The molecule has 0 radical (unpaired) electrons. The Balaban J connectivity index is 2.09. The van der Waals surface area contributed by atoms with Gasteiger partial charge in [-0.1, -0.05) is 12.1 Å². The largest absolute Gasteiger partial charge is 0.493 e. The lowest BCUT2D eigenvalue weighted by Crippen LogP contribution is -2.54. The maximum absolute atomic E-state index is 13.2. The average Bonchev–Trinajstić information content (AvgIpc) is 2.67. The number of hydrogen-bond acceptors (Lipinski definition) is 5. The van der Waals surface area contributed by atoms with E-state index in [-0.39, 0.29) is 10.7 Å². The number of carbonyl (C=O) groups is 2. The quantitative estimate of drug-likeness (QED) is 0.413. The number of nitrogens with one attached hydrogen (secondary N) is 1. The monoisotopic (exact) mass is 474 g/mol. The van der Waals surface area contributed by atoms with Gasteiger partial charge >= 0.3 is 0 Å². The van der Waals surface area contributed by atoms with Crippen molar-refractivity contribution in [2.24, 2.45) is 0 Å². The Hall–Kier alpha value is -2.71. The summed E-state index contributed by atoms with van der Waals surface area (Å²) >= 11 is 8.70. The number of amides is 2. The molecule has 0 unspecified atom stereocenters. The summed E-state index contributed by atoms with van der Waals surface area (Å²) in [5.41, 5.74) is 3.06. The third kappa shape index (κ3) is 4.04. The van der Waals surface area contributed by atoms with Crippen LogP contribution in [0.2, 0.25) is 0 Å². The molecule has 8 heteroatoms. The van der Waals surface area contributed by atoms with Crippen molar-refractivity contribution in [3.63, 3.8) is 0 Å². The molecule has 1 aliphatic heterocycles. The van der Waals surface area contributed by atoms with Gasteiger partial charge in [-0.15, -0.1) is 0 Å². The summed E-state index contributed by atoms with van der Waals surface area (Å²) in [6.45, 7) is 3.81. The number of aryl methyl sites for hydroxylation is 2. The molecule has 1 saturated heterocycles. The average molecular weight is 475 g/mol. The molecule has 3 rings (SSSR count). The highest BCUT2D eigenvalue weighted by Crippen LogP contribution is 2.37. The van der Waals surface area contributed by atoms with E-state index < -0.39 is 11.8 Å². The van der Waals surface area contributed by atoms with Crippen molar-refractivity contribution in [2.75, 3.05) is 19.1 Å². The van der Waals surface area contributed by atoms with Gasteiger partial charge in [0.1, 0.15) is 5.57 Å². The topological polar surface area (TPSA) is 67.9 Å². The summed E-state index contributed by atoms with van der Waals surface area (Å²) < 4.78 is 11.3.